The smallest absolute Gasteiger partial charge is 0.230 e. The number of fused-ring (bicyclic) bond motifs is 2. The van der Waals surface area contributed by atoms with Crippen molar-refractivity contribution in [2.45, 2.75) is 75.9 Å². The van der Waals surface area contributed by atoms with E-state index in [1.807, 2.05) is 12.3 Å². The number of nitrogens with zero attached hydrogens (tertiary/aromatic N) is 3. The van der Waals surface area contributed by atoms with Crippen LogP contribution in [0.25, 0.3) is 21.3 Å². The lowest BCUT2D eigenvalue weighted by Crippen LogP contribution is -2.42. The lowest BCUT2D eigenvalue weighted by molar-refractivity contribution is -0.138. The van der Waals surface area contributed by atoms with Gasteiger partial charge in [0.1, 0.15) is 0 Å². The number of aromatic nitrogens is 1. The number of rotatable bonds is 4. The van der Waals surface area contributed by atoms with Gasteiger partial charge < -0.3 is 10.2 Å². The summed E-state index contributed by atoms with van der Waals surface area (Å²) in [5.74, 6) is -0.164. The average molecular weight is 535 g/mol. The number of thiophene rings is 1. The van der Waals surface area contributed by atoms with E-state index >= 15 is 0 Å². The van der Waals surface area contributed by atoms with Gasteiger partial charge in [-0.25, -0.2) is 0 Å². The van der Waals surface area contributed by atoms with E-state index in [1.165, 1.54) is 53.8 Å². The molecule has 6 nitrogen and oxygen atoms in total. The van der Waals surface area contributed by atoms with Crippen LogP contribution in [0.1, 0.15) is 61.8 Å². The first kappa shape index (κ1) is 23.6. The summed E-state index contributed by atoms with van der Waals surface area (Å²) in [5.41, 5.74) is 6.22. The Hall–Kier alpha value is -2.48. The number of aryl methyl sites for hydroxylation is 1. The van der Waals surface area contributed by atoms with Gasteiger partial charge in [0.2, 0.25) is 11.8 Å². The second-order valence-corrected chi connectivity index (χ2v) is 12.7. The van der Waals surface area contributed by atoms with Gasteiger partial charge in [-0.1, -0.05) is 11.6 Å². The summed E-state index contributed by atoms with van der Waals surface area (Å²) in [6.07, 6.45) is 11.0. The molecule has 1 spiro atoms. The largest absolute Gasteiger partial charge is 0.368 e. The summed E-state index contributed by atoms with van der Waals surface area (Å²) >= 11 is 8.35. The third-order valence-electron chi connectivity index (χ3n) is 8.86. The average Bonchev–Trinajstić information content (AvgIpc) is 3.69. The Labute approximate surface area is 226 Å². The Morgan fingerprint density at radius 1 is 1.08 bits per heavy atom. The molecule has 2 atom stereocenters. The van der Waals surface area contributed by atoms with E-state index in [-0.39, 0.29) is 11.8 Å². The van der Waals surface area contributed by atoms with Crippen LogP contribution in [0.2, 0.25) is 5.02 Å². The molecule has 0 bridgehead atoms. The van der Waals surface area contributed by atoms with E-state index in [0.29, 0.717) is 31.0 Å². The SMILES string of the molecule is O=C1CCC(=O)N1Cc1cc2nccc(-c3cc(Cl)cc4c3N([C@@H]3CCC5(CCCN5)C3)CCC4)c2s1. The standard InChI is InChI=1S/C29H31ClN4O2S/c30-19-13-18-3-1-12-33(20-6-9-29(16-20)8-2-10-32-29)27(18)23(14-19)22-7-11-31-24-15-21(37-28(22)24)17-34-25(35)4-5-26(34)36/h7,11,13-15,20,32H,1-6,8-10,12,16-17H2/t20-,29?/m1/s1. The maximum atomic E-state index is 12.2. The fourth-order valence-corrected chi connectivity index (χ4v) is 8.53. The van der Waals surface area contributed by atoms with Crippen LogP contribution in [-0.2, 0) is 22.6 Å². The highest BCUT2D eigenvalue weighted by Crippen LogP contribution is 2.47. The Morgan fingerprint density at radius 3 is 2.76 bits per heavy atom. The van der Waals surface area contributed by atoms with Gasteiger partial charge in [-0.2, -0.15) is 0 Å². The molecular weight excluding hydrogens is 504 g/mol. The van der Waals surface area contributed by atoms with Gasteiger partial charge in [-0.15, -0.1) is 11.3 Å². The van der Waals surface area contributed by atoms with Crippen LogP contribution in [0.4, 0.5) is 5.69 Å². The normalized spacial score (nSPS) is 25.7. The fraction of sp³-hybridized carbons (Fsp3) is 0.483. The number of likely N-dealkylation sites (tertiary alicyclic amines) is 1. The zero-order valence-electron chi connectivity index (χ0n) is 20.9. The van der Waals surface area contributed by atoms with Crippen LogP contribution in [0.5, 0.6) is 0 Å². The first-order chi connectivity index (χ1) is 18.0. The molecule has 2 aromatic heterocycles. The molecule has 192 valence electrons. The molecule has 3 fully saturated rings. The van der Waals surface area contributed by atoms with Crippen molar-refractivity contribution in [1.82, 2.24) is 15.2 Å². The number of amides is 2. The molecule has 37 heavy (non-hydrogen) atoms. The number of carbonyl (C=O) groups excluding carboxylic acids is 2. The summed E-state index contributed by atoms with van der Waals surface area (Å²) in [6.45, 7) is 2.55. The van der Waals surface area contributed by atoms with Gasteiger partial charge in [0.15, 0.2) is 0 Å². The third-order valence-corrected chi connectivity index (χ3v) is 10.2. The van der Waals surface area contributed by atoms with E-state index in [9.17, 15) is 9.59 Å². The van der Waals surface area contributed by atoms with Gasteiger partial charge >= 0.3 is 0 Å². The summed E-state index contributed by atoms with van der Waals surface area (Å²) in [6, 6.07) is 8.95. The molecule has 2 amide bonds. The second kappa shape index (κ2) is 9.07. The molecule has 1 aromatic carbocycles. The minimum Gasteiger partial charge on any atom is -0.368 e. The number of halogens is 1. The zero-order chi connectivity index (χ0) is 25.1. The maximum absolute atomic E-state index is 12.2. The number of anilines is 1. The third kappa shape index (κ3) is 4.06. The van der Waals surface area contributed by atoms with E-state index in [2.05, 4.69) is 33.4 Å². The molecule has 3 aliphatic heterocycles. The van der Waals surface area contributed by atoms with Crippen LogP contribution < -0.4 is 10.2 Å². The number of hydrogen-bond acceptors (Lipinski definition) is 6. The Balaban J connectivity index is 1.29. The van der Waals surface area contributed by atoms with Crippen molar-refractivity contribution in [1.29, 1.82) is 0 Å². The first-order valence-electron chi connectivity index (χ1n) is 13.5. The van der Waals surface area contributed by atoms with E-state index in [4.69, 9.17) is 11.6 Å². The van der Waals surface area contributed by atoms with Crippen molar-refractivity contribution in [2.24, 2.45) is 0 Å². The Kier molecular flexibility index (Phi) is 5.79. The summed E-state index contributed by atoms with van der Waals surface area (Å²) < 4.78 is 1.09. The van der Waals surface area contributed by atoms with Crippen LogP contribution >= 0.6 is 22.9 Å². The Morgan fingerprint density at radius 2 is 1.95 bits per heavy atom. The minimum atomic E-state index is -0.0821. The molecule has 1 unspecified atom stereocenters. The quantitative estimate of drug-likeness (QED) is 0.435. The molecule has 2 saturated heterocycles. The molecule has 7 rings (SSSR count). The Bertz CT molecular complexity index is 1400. The lowest BCUT2D eigenvalue weighted by Gasteiger charge is -2.39. The van der Waals surface area contributed by atoms with Crippen molar-refractivity contribution in [3.05, 3.63) is 45.9 Å². The molecule has 1 saturated carbocycles. The van der Waals surface area contributed by atoms with E-state index < -0.39 is 0 Å². The van der Waals surface area contributed by atoms with Crippen LogP contribution in [0.3, 0.4) is 0 Å². The van der Waals surface area contributed by atoms with Crippen molar-refractivity contribution in [2.75, 3.05) is 18.0 Å². The number of nitrogens with one attached hydrogen (secondary N) is 1. The second-order valence-electron chi connectivity index (χ2n) is 11.1. The summed E-state index contributed by atoms with van der Waals surface area (Å²) in [7, 11) is 0. The lowest BCUT2D eigenvalue weighted by atomic mass is 9.91. The molecule has 3 aromatic rings. The summed E-state index contributed by atoms with van der Waals surface area (Å²) in [4.78, 5) is 34.1. The zero-order valence-corrected chi connectivity index (χ0v) is 22.5. The maximum Gasteiger partial charge on any atom is 0.230 e. The number of imide groups is 1. The van der Waals surface area contributed by atoms with Crippen molar-refractivity contribution in [3.8, 4) is 11.1 Å². The predicted octanol–water partition coefficient (Wildman–Crippen LogP) is 5.69. The van der Waals surface area contributed by atoms with Gasteiger partial charge in [0.25, 0.3) is 0 Å². The molecule has 5 heterocycles. The van der Waals surface area contributed by atoms with E-state index in [1.54, 1.807) is 11.3 Å². The van der Waals surface area contributed by atoms with Gasteiger partial charge in [0.05, 0.1) is 16.8 Å². The van der Waals surface area contributed by atoms with E-state index in [0.717, 1.165) is 51.6 Å². The minimum absolute atomic E-state index is 0.0821. The number of hydrogen-bond donors (Lipinski definition) is 1. The highest BCUT2D eigenvalue weighted by molar-refractivity contribution is 7.19. The molecular formula is C29H31ClN4O2S. The van der Waals surface area contributed by atoms with Gasteiger partial charge in [-0.3, -0.25) is 19.5 Å². The molecule has 8 heteroatoms. The van der Waals surface area contributed by atoms with Crippen molar-refractivity contribution in [3.63, 3.8) is 0 Å². The predicted molar refractivity (Wildman–Crippen MR) is 148 cm³/mol. The van der Waals surface area contributed by atoms with Crippen LogP contribution in [-0.4, -0.2) is 46.4 Å². The number of carbonyl (C=O) groups is 2. The topological polar surface area (TPSA) is 65.5 Å². The summed E-state index contributed by atoms with van der Waals surface area (Å²) in [5, 5.41) is 4.61. The molecule has 1 aliphatic carbocycles. The highest BCUT2D eigenvalue weighted by Gasteiger charge is 2.44. The van der Waals surface area contributed by atoms with Crippen molar-refractivity contribution < 1.29 is 9.59 Å². The van der Waals surface area contributed by atoms with Gasteiger partial charge in [-0.05, 0) is 81.3 Å². The van der Waals surface area contributed by atoms with Gasteiger partial charge in [0, 0.05) is 63.9 Å². The van der Waals surface area contributed by atoms with Crippen LogP contribution in [0.15, 0.2) is 30.5 Å². The van der Waals surface area contributed by atoms with Crippen LogP contribution in [0, 0.1) is 0 Å². The molecule has 0 radical (unpaired) electrons. The van der Waals surface area contributed by atoms with Crippen molar-refractivity contribution >= 4 is 50.7 Å². The first-order valence-corrected chi connectivity index (χ1v) is 14.7. The fourth-order valence-electron chi connectivity index (χ4n) is 7.16. The number of benzene rings is 1. The monoisotopic (exact) mass is 534 g/mol. The molecule has 1 N–H and O–H groups in total. The highest BCUT2D eigenvalue weighted by atomic mass is 35.5. The molecule has 4 aliphatic rings. The number of pyridine rings is 1.